The van der Waals surface area contributed by atoms with E-state index in [1.54, 1.807) is 0 Å². The van der Waals surface area contributed by atoms with E-state index >= 15 is 0 Å². The highest BCUT2D eigenvalue weighted by Gasteiger charge is 2.08. The molecule has 0 fully saturated rings. The molecule has 7 heteroatoms. The zero-order valence-corrected chi connectivity index (χ0v) is 8.59. The minimum Gasteiger partial charge on any atom is -0.481 e. The van der Waals surface area contributed by atoms with Gasteiger partial charge in [-0.25, -0.2) is 0 Å². The topological polar surface area (TPSA) is 104 Å². The normalized spacial score (nSPS) is 10.1. The minimum absolute atomic E-state index is 0.0423. The lowest BCUT2D eigenvalue weighted by Crippen LogP contribution is -2.25. The Labute approximate surface area is 91.7 Å². The smallest absolute Gasteiger partial charge is 0.305 e. The summed E-state index contributed by atoms with van der Waals surface area (Å²) < 4.78 is 1.39. The van der Waals surface area contributed by atoms with Crippen LogP contribution < -0.4 is 5.32 Å². The van der Waals surface area contributed by atoms with Gasteiger partial charge < -0.3 is 15.5 Å². The number of carbonyl (C=O) groups is 2. The molecule has 3 N–H and O–H groups in total. The molecule has 0 bridgehead atoms. The predicted molar refractivity (Wildman–Crippen MR) is 53.9 cm³/mol. The van der Waals surface area contributed by atoms with Crippen molar-refractivity contribution in [2.45, 2.75) is 13.0 Å². The number of aliphatic carboxylic acids is 1. The van der Waals surface area contributed by atoms with Gasteiger partial charge in [-0.3, -0.25) is 14.3 Å². The van der Waals surface area contributed by atoms with Crippen molar-refractivity contribution < 1.29 is 19.8 Å². The van der Waals surface area contributed by atoms with Crippen LogP contribution in [-0.2, 0) is 11.3 Å². The lowest BCUT2D eigenvalue weighted by atomic mass is 10.3. The van der Waals surface area contributed by atoms with E-state index in [1.165, 1.54) is 17.1 Å². The van der Waals surface area contributed by atoms with E-state index in [9.17, 15) is 9.59 Å². The monoisotopic (exact) mass is 227 g/mol. The largest absolute Gasteiger partial charge is 0.481 e. The molecule has 1 aromatic rings. The molecule has 88 valence electrons. The Bertz CT molecular complexity index is 375. The molecule has 0 atom stereocenters. The first-order valence-electron chi connectivity index (χ1n) is 4.77. The fourth-order valence-corrected chi connectivity index (χ4v) is 1.08. The zero-order valence-electron chi connectivity index (χ0n) is 8.59. The Morgan fingerprint density at radius 1 is 1.50 bits per heavy atom. The number of carboxylic acids is 1. The van der Waals surface area contributed by atoms with Crippen LogP contribution in [0.5, 0.6) is 0 Å². The summed E-state index contributed by atoms with van der Waals surface area (Å²) in [6, 6.07) is 0. The highest BCUT2D eigenvalue weighted by Crippen LogP contribution is 1.98. The van der Waals surface area contributed by atoms with Gasteiger partial charge in [0.15, 0.2) is 0 Å². The maximum absolute atomic E-state index is 11.4. The van der Waals surface area contributed by atoms with E-state index in [0.717, 1.165) is 0 Å². The van der Waals surface area contributed by atoms with E-state index in [0.29, 0.717) is 5.56 Å². The summed E-state index contributed by atoms with van der Waals surface area (Å²) in [4.78, 5) is 21.7. The highest BCUT2D eigenvalue weighted by molar-refractivity contribution is 5.93. The fraction of sp³-hybridized carbons (Fsp3) is 0.444. The molecule has 1 amide bonds. The Morgan fingerprint density at radius 3 is 2.88 bits per heavy atom. The summed E-state index contributed by atoms with van der Waals surface area (Å²) in [6.07, 6.45) is 2.78. The molecule has 1 heterocycles. The van der Waals surface area contributed by atoms with E-state index in [4.69, 9.17) is 10.2 Å². The number of nitrogens with zero attached hydrogens (tertiary/aromatic N) is 2. The summed E-state index contributed by atoms with van der Waals surface area (Å²) in [5, 5.41) is 23.3. The van der Waals surface area contributed by atoms with Crippen LogP contribution in [0.25, 0.3) is 0 Å². The molecule has 0 saturated carbocycles. The maximum Gasteiger partial charge on any atom is 0.305 e. The molecular weight excluding hydrogens is 214 g/mol. The van der Waals surface area contributed by atoms with Crippen molar-refractivity contribution in [2.75, 3.05) is 13.2 Å². The molecule has 0 aromatic carbocycles. The third-order valence-electron chi connectivity index (χ3n) is 1.85. The Hall–Kier alpha value is -1.89. The van der Waals surface area contributed by atoms with Gasteiger partial charge in [0.2, 0.25) is 0 Å². The Morgan fingerprint density at radius 2 is 2.25 bits per heavy atom. The number of aliphatic hydroxyl groups excluding tert-OH is 1. The van der Waals surface area contributed by atoms with Gasteiger partial charge in [0, 0.05) is 12.7 Å². The minimum atomic E-state index is -0.915. The number of rotatable bonds is 6. The van der Waals surface area contributed by atoms with Gasteiger partial charge in [-0.05, 0) is 0 Å². The Kier molecular flexibility index (Phi) is 4.46. The number of carboxylic acid groups (broad SMARTS) is 1. The first kappa shape index (κ1) is 12.2. The third-order valence-corrected chi connectivity index (χ3v) is 1.85. The molecule has 0 spiro atoms. The fourth-order valence-electron chi connectivity index (χ4n) is 1.08. The number of hydrogen-bond acceptors (Lipinski definition) is 4. The van der Waals surface area contributed by atoms with Crippen molar-refractivity contribution in [3.05, 3.63) is 18.0 Å². The quantitative estimate of drug-likeness (QED) is 0.583. The second kappa shape index (κ2) is 5.86. The molecule has 0 aliphatic rings. The molecule has 0 aliphatic heterocycles. The van der Waals surface area contributed by atoms with Gasteiger partial charge in [0.1, 0.15) is 0 Å². The van der Waals surface area contributed by atoms with Gasteiger partial charge in [-0.1, -0.05) is 0 Å². The number of carbonyl (C=O) groups excluding carboxylic acids is 1. The summed E-state index contributed by atoms with van der Waals surface area (Å²) >= 11 is 0. The number of aryl methyl sites for hydroxylation is 1. The van der Waals surface area contributed by atoms with E-state index < -0.39 is 5.97 Å². The average molecular weight is 227 g/mol. The van der Waals surface area contributed by atoms with E-state index in [-0.39, 0.29) is 32.0 Å². The van der Waals surface area contributed by atoms with E-state index in [2.05, 4.69) is 10.4 Å². The van der Waals surface area contributed by atoms with Gasteiger partial charge in [0.05, 0.1) is 31.3 Å². The van der Waals surface area contributed by atoms with Crippen LogP contribution in [0.15, 0.2) is 12.4 Å². The van der Waals surface area contributed by atoms with Crippen molar-refractivity contribution in [2.24, 2.45) is 0 Å². The molecule has 0 unspecified atom stereocenters. The van der Waals surface area contributed by atoms with Crippen molar-refractivity contribution in [3.8, 4) is 0 Å². The number of amides is 1. The molecule has 0 saturated heterocycles. The van der Waals surface area contributed by atoms with Crippen LogP contribution in [-0.4, -0.2) is 45.0 Å². The number of nitrogens with one attached hydrogen (secondary N) is 1. The summed E-state index contributed by atoms with van der Waals surface area (Å²) in [6.45, 7) is 0.278. The van der Waals surface area contributed by atoms with Crippen molar-refractivity contribution in [1.29, 1.82) is 0 Å². The third kappa shape index (κ3) is 3.70. The van der Waals surface area contributed by atoms with Gasteiger partial charge in [0.25, 0.3) is 5.91 Å². The van der Waals surface area contributed by atoms with Gasteiger partial charge in [-0.15, -0.1) is 0 Å². The van der Waals surface area contributed by atoms with Crippen LogP contribution in [0.1, 0.15) is 16.8 Å². The molecule has 0 aliphatic carbocycles. The van der Waals surface area contributed by atoms with E-state index in [1.807, 2.05) is 0 Å². The number of hydrogen-bond donors (Lipinski definition) is 3. The van der Waals surface area contributed by atoms with Crippen LogP contribution in [0.4, 0.5) is 0 Å². The first-order chi connectivity index (χ1) is 7.63. The summed E-state index contributed by atoms with van der Waals surface area (Å²) in [5.41, 5.74) is 0.346. The van der Waals surface area contributed by atoms with Gasteiger partial charge >= 0.3 is 5.97 Å². The highest BCUT2D eigenvalue weighted by atomic mass is 16.4. The van der Waals surface area contributed by atoms with Crippen LogP contribution in [0, 0.1) is 0 Å². The van der Waals surface area contributed by atoms with Crippen molar-refractivity contribution in [3.63, 3.8) is 0 Å². The van der Waals surface area contributed by atoms with Crippen LogP contribution in [0.3, 0.4) is 0 Å². The second-order valence-electron chi connectivity index (χ2n) is 3.12. The SMILES string of the molecule is O=C(O)CCn1cc(C(=O)NCCO)cn1. The lowest BCUT2D eigenvalue weighted by molar-refractivity contribution is -0.137. The Balaban J connectivity index is 2.50. The van der Waals surface area contributed by atoms with Crippen molar-refractivity contribution in [1.82, 2.24) is 15.1 Å². The molecule has 0 radical (unpaired) electrons. The lowest BCUT2D eigenvalue weighted by Gasteiger charge is -1.99. The summed E-state index contributed by atoms with van der Waals surface area (Å²) in [5.74, 6) is -1.25. The van der Waals surface area contributed by atoms with Gasteiger partial charge in [-0.2, -0.15) is 5.10 Å². The maximum atomic E-state index is 11.4. The van der Waals surface area contributed by atoms with Crippen LogP contribution >= 0.6 is 0 Å². The molecule has 1 aromatic heterocycles. The molecular formula is C9H13N3O4. The number of aromatic nitrogens is 2. The molecule has 1 rings (SSSR count). The van der Waals surface area contributed by atoms with Crippen molar-refractivity contribution >= 4 is 11.9 Å². The van der Waals surface area contributed by atoms with Crippen LogP contribution in [0.2, 0.25) is 0 Å². The number of aliphatic hydroxyl groups is 1. The predicted octanol–water partition coefficient (Wildman–Crippen LogP) is -0.920. The molecule has 16 heavy (non-hydrogen) atoms. The second-order valence-corrected chi connectivity index (χ2v) is 3.12. The summed E-state index contributed by atoms with van der Waals surface area (Å²) in [7, 11) is 0. The molecule has 7 nitrogen and oxygen atoms in total. The standard InChI is InChI=1S/C9H13N3O4/c13-4-2-10-9(16)7-5-11-12(6-7)3-1-8(14)15/h5-6,13H,1-4H2,(H,10,16)(H,14,15). The first-order valence-corrected chi connectivity index (χ1v) is 4.77. The zero-order chi connectivity index (χ0) is 12.0. The average Bonchev–Trinajstić information content (AvgIpc) is 2.71.